The van der Waals surface area contributed by atoms with E-state index in [1.54, 1.807) is 0 Å². The van der Waals surface area contributed by atoms with Crippen molar-refractivity contribution in [1.29, 1.82) is 0 Å². The lowest BCUT2D eigenvalue weighted by Gasteiger charge is -1.98. The van der Waals surface area contributed by atoms with Crippen LogP contribution in [-0.4, -0.2) is 31.0 Å². The predicted octanol–water partition coefficient (Wildman–Crippen LogP) is -0.303. The number of hydrogen-bond donors (Lipinski definition) is 1. The summed E-state index contributed by atoms with van der Waals surface area (Å²) < 4.78 is 9.41. The molecule has 6 heteroatoms. The highest BCUT2D eigenvalue weighted by Crippen LogP contribution is 2.12. The van der Waals surface area contributed by atoms with Crippen LogP contribution in [0.25, 0.3) is 0 Å². The van der Waals surface area contributed by atoms with Crippen LogP contribution in [0.3, 0.4) is 0 Å². The summed E-state index contributed by atoms with van der Waals surface area (Å²) >= 11 is 0. The van der Waals surface area contributed by atoms with Crippen LogP contribution < -0.4 is 0 Å². The molecule has 0 spiro atoms. The molecule has 1 aliphatic rings. The van der Waals surface area contributed by atoms with E-state index in [1.165, 1.54) is 0 Å². The first kappa shape index (κ1) is 8.41. The Morgan fingerprint density at radius 1 is 1.55 bits per heavy atom. The molecule has 0 aromatic rings. The summed E-state index contributed by atoms with van der Waals surface area (Å²) in [5.41, 5.74) is 0. The van der Waals surface area contributed by atoms with E-state index in [1.807, 2.05) is 0 Å². The molecule has 11 heavy (non-hydrogen) atoms. The largest absolute Gasteiger partial charge is 0.481 e. The molecule has 0 aliphatic carbocycles. The van der Waals surface area contributed by atoms with Gasteiger partial charge in [-0.05, 0) is 0 Å². The third-order valence-electron chi connectivity index (χ3n) is 0.923. The van der Waals surface area contributed by atoms with Crippen LogP contribution in [-0.2, 0) is 24.0 Å². The van der Waals surface area contributed by atoms with Gasteiger partial charge < -0.3 is 9.84 Å². The van der Waals surface area contributed by atoms with Crippen LogP contribution in [0.2, 0.25) is 0 Å². The van der Waals surface area contributed by atoms with Gasteiger partial charge in [-0.15, -0.1) is 0 Å². The quantitative estimate of drug-likeness (QED) is 0.251. The zero-order valence-corrected chi connectivity index (χ0v) is 5.69. The SMILES string of the molecule is O=C(O)CCOCOC1OO1. The first-order chi connectivity index (χ1) is 5.29. The normalized spacial score (nSPS) is 16.7. The van der Waals surface area contributed by atoms with Crippen molar-refractivity contribution in [3.05, 3.63) is 0 Å². The predicted molar refractivity (Wildman–Crippen MR) is 30.1 cm³/mol. The minimum atomic E-state index is -0.899. The first-order valence-corrected chi connectivity index (χ1v) is 3.02. The molecule has 0 amide bonds. The molecule has 1 saturated heterocycles. The van der Waals surface area contributed by atoms with Crippen molar-refractivity contribution in [3.63, 3.8) is 0 Å². The lowest BCUT2D eigenvalue weighted by atomic mass is 10.5. The van der Waals surface area contributed by atoms with E-state index in [4.69, 9.17) is 9.84 Å². The standard InChI is InChI=1S/C5H8O6/c6-4(7)1-2-8-3-9-5-10-11-5/h5H,1-3H2,(H,6,7). The summed E-state index contributed by atoms with van der Waals surface area (Å²) in [4.78, 5) is 18.4. The molecule has 1 fully saturated rings. The fourth-order valence-corrected chi connectivity index (χ4v) is 0.400. The number of carboxylic acids is 1. The number of ether oxygens (including phenoxy) is 2. The molecule has 0 bridgehead atoms. The van der Waals surface area contributed by atoms with Crippen molar-refractivity contribution >= 4 is 5.97 Å². The Kier molecular flexibility index (Phi) is 3.24. The lowest BCUT2D eigenvalue weighted by Crippen LogP contribution is -2.06. The minimum absolute atomic E-state index is 0.0159. The van der Waals surface area contributed by atoms with Gasteiger partial charge in [-0.25, -0.2) is 0 Å². The number of rotatable bonds is 6. The van der Waals surface area contributed by atoms with E-state index in [0.29, 0.717) is 0 Å². The minimum Gasteiger partial charge on any atom is -0.481 e. The zero-order valence-electron chi connectivity index (χ0n) is 5.69. The molecule has 1 N–H and O–H groups in total. The molecular formula is C5H8O6. The van der Waals surface area contributed by atoms with Crippen molar-refractivity contribution in [2.45, 2.75) is 12.9 Å². The van der Waals surface area contributed by atoms with Gasteiger partial charge in [-0.3, -0.25) is 9.53 Å². The maximum Gasteiger partial charge on any atom is 0.331 e. The van der Waals surface area contributed by atoms with Gasteiger partial charge in [0.2, 0.25) is 0 Å². The Labute approximate surface area is 62.5 Å². The van der Waals surface area contributed by atoms with Gasteiger partial charge in [0.25, 0.3) is 0 Å². The average Bonchev–Trinajstić information content (AvgIpc) is 2.70. The Bertz CT molecular complexity index is 131. The van der Waals surface area contributed by atoms with Gasteiger partial charge in [-0.2, -0.15) is 9.78 Å². The molecule has 1 rings (SSSR count). The highest BCUT2D eigenvalue weighted by atomic mass is 17.4. The molecule has 1 heterocycles. The summed E-state index contributed by atoms with van der Waals surface area (Å²) in [5, 5.41) is 8.16. The van der Waals surface area contributed by atoms with Crippen LogP contribution in [0.15, 0.2) is 0 Å². The monoisotopic (exact) mass is 164 g/mol. The second-order valence-electron chi connectivity index (χ2n) is 1.82. The third kappa shape index (κ3) is 4.68. The van der Waals surface area contributed by atoms with Gasteiger partial charge in [0.05, 0.1) is 13.0 Å². The van der Waals surface area contributed by atoms with Gasteiger partial charge in [0.15, 0.2) is 6.79 Å². The summed E-state index contributed by atoms with van der Waals surface area (Å²) in [6.45, 7) is -0.514. The number of carboxylic acid groups (broad SMARTS) is 1. The van der Waals surface area contributed by atoms with Gasteiger partial charge >= 0.3 is 12.4 Å². The van der Waals surface area contributed by atoms with Crippen molar-refractivity contribution in [2.24, 2.45) is 0 Å². The van der Waals surface area contributed by atoms with Crippen molar-refractivity contribution in [3.8, 4) is 0 Å². The lowest BCUT2D eigenvalue weighted by molar-refractivity contribution is -0.140. The molecule has 64 valence electrons. The summed E-state index contributed by atoms with van der Waals surface area (Å²) in [6, 6.07) is 0. The van der Waals surface area contributed by atoms with E-state index in [-0.39, 0.29) is 19.8 Å². The van der Waals surface area contributed by atoms with E-state index >= 15 is 0 Å². The number of aliphatic carboxylic acids is 1. The molecule has 6 nitrogen and oxygen atoms in total. The molecule has 0 radical (unpaired) electrons. The number of hydrogen-bond acceptors (Lipinski definition) is 5. The Morgan fingerprint density at radius 3 is 2.82 bits per heavy atom. The molecule has 0 aromatic carbocycles. The zero-order chi connectivity index (χ0) is 8.10. The van der Waals surface area contributed by atoms with Crippen LogP contribution >= 0.6 is 0 Å². The van der Waals surface area contributed by atoms with Crippen molar-refractivity contribution in [2.75, 3.05) is 13.4 Å². The molecule has 0 saturated carbocycles. The van der Waals surface area contributed by atoms with E-state index in [2.05, 4.69) is 14.5 Å². The maximum absolute atomic E-state index is 9.94. The third-order valence-corrected chi connectivity index (χ3v) is 0.923. The topological polar surface area (TPSA) is 80.8 Å². The Hall–Kier alpha value is -0.690. The molecule has 0 atom stereocenters. The Morgan fingerprint density at radius 2 is 2.27 bits per heavy atom. The fraction of sp³-hybridized carbons (Fsp3) is 0.800. The fourth-order valence-electron chi connectivity index (χ4n) is 0.400. The Balaban J connectivity index is 1.76. The number of carbonyl (C=O) groups is 1. The van der Waals surface area contributed by atoms with Gasteiger partial charge in [0, 0.05) is 0 Å². The van der Waals surface area contributed by atoms with Crippen LogP contribution in [0.1, 0.15) is 6.42 Å². The molecule has 0 unspecified atom stereocenters. The van der Waals surface area contributed by atoms with E-state index in [9.17, 15) is 4.79 Å². The van der Waals surface area contributed by atoms with Crippen molar-refractivity contribution in [1.82, 2.24) is 0 Å². The average molecular weight is 164 g/mol. The van der Waals surface area contributed by atoms with Gasteiger partial charge in [0.1, 0.15) is 0 Å². The van der Waals surface area contributed by atoms with Crippen LogP contribution in [0.5, 0.6) is 0 Å². The highest BCUT2D eigenvalue weighted by molar-refractivity contribution is 5.66. The molecule has 0 aromatic heterocycles. The molecule has 1 aliphatic heterocycles. The second kappa shape index (κ2) is 4.24. The molecular weight excluding hydrogens is 156 g/mol. The second-order valence-corrected chi connectivity index (χ2v) is 1.82. The van der Waals surface area contributed by atoms with Crippen molar-refractivity contribution < 1.29 is 29.1 Å². The maximum atomic E-state index is 9.94. The van der Waals surface area contributed by atoms with Crippen LogP contribution in [0, 0.1) is 0 Å². The van der Waals surface area contributed by atoms with Gasteiger partial charge in [-0.1, -0.05) is 0 Å². The summed E-state index contributed by atoms with van der Waals surface area (Å²) in [5.74, 6) is -0.899. The first-order valence-electron chi connectivity index (χ1n) is 3.02. The van der Waals surface area contributed by atoms with E-state index in [0.717, 1.165) is 0 Å². The summed E-state index contributed by atoms with van der Waals surface area (Å²) in [7, 11) is 0. The summed E-state index contributed by atoms with van der Waals surface area (Å²) in [6.07, 6.45) is -0.0320. The van der Waals surface area contributed by atoms with E-state index < -0.39 is 12.4 Å². The smallest absolute Gasteiger partial charge is 0.331 e. The van der Waals surface area contributed by atoms with Crippen LogP contribution in [0.4, 0.5) is 0 Å². The highest BCUT2D eigenvalue weighted by Gasteiger charge is 2.26.